The van der Waals surface area contributed by atoms with E-state index in [0.29, 0.717) is 23.0 Å². The zero-order valence-corrected chi connectivity index (χ0v) is 10.6. The fourth-order valence-corrected chi connectivity index (χ4v) is 1.27. The summed E-state index contributed by atoms with van der Waals surface area (Å²) in [5.41, 5.74) is 6.31. The van der Waals surface area contributed by atoms with Gasteiger partial charge < -0.3 is 16.2 Å². The number of hydrogen-bond acceptors (Lipinski definition) is 5. The second-order valence-electron chi connectivity index (χ2n) is 4.38. The van der Waals surface area contributed by atoms with Crippen LogP contribution in [0.25, 0.3) is 0 Å². The molecule has 0 aliphatic heterocycles. The lowest BCUT2D eigenvalue weighted by molar-refractivity contribution is 0.00380. The first-order chi connectivity index (χ1) is 8.32. The molecule has 1 heterocycles. The Balaban J connectivity index is 2.87. The van der Waals surface area contributed by atoms with E-state index in [1.54, 1.807) is 6.92 Å². The fraction of sp³-hybridized carbons (Fsp3) is 0.636. The maximum absolute atomic E-state index is 12.2. The Morgan fingerprint density at radius 1 is 1.33 bits per heavy atom. The van der Waals surface area contributed by atoms with Gasteiger partial charge in [0.2, 0.25) is 0 Å². The minimum atomic E-state index is -2.79. The molecule has 0 radical (unpaired) electrons. The third-order valence-corrected chi connectivity index (χ3v) is 2.49. The summed E-state index contributed by atoms with van der Waals surface area (Å²) in [5.74, 6) is 1.30. The van der Waals surface area contributed by atoms with Crippen LogP contribution >= 0.6 is 0 Å². The molecule has 1 atom stereocenters. The smallest absolute Gasteiger partial charge is 0.265 e. The number of aliphatic hydroxyl groups excluding tert-OH is 1. The van der Waals surface area contributed by atoms with Crippen LogP contribution in [0, 0.1) is 6.92 Å². The van der Waals surface area contributed by atoms with Crippen LogP contribution < -0.4 is 11.1 Å². The summed E-state index contributed by atoms with van der Waals surface area (Å²) in [6, 6.07) is 0. The van der Waals surface area contributed by atoms with E-state index in [0.717, 1.165) is 0 Å². The van der Waals surface area contributed by atoms with Crippen LogP contribution in [0.15, 0.2) is 0 Å². The zero-order chi connectivity index (χ0) is 13.9. The van der Waals surface area contributed by atoms with Crippen LogP contribution in [0.5, 0.6) is 0 Å². The number of anilines is 2. The normalized spacial score (nSPS) is 13.1. The molecular weight excluding hydrogens is 242 g/mol. The first kappa shape index (κ1) is 14.6. The number of alkyl halides is 2. The van der Waals surface area contributed by atoms with Crippen LogP contribution in [0.1, 0.15) is 31.2 Å². The van der Waals surface area contributed by atoms with Crippen molar-refractivity contribution < 1.29 is 13.9 Å². The average molecular weight is 260 g/mol. The highest BCUT2D eigenvalue weighted by molar-refractivity contribution is 5.55. The Morgan fingerprint density at radius 3 is 2.44 bits per heavy atom. The Hall–Kier alpha value is -1.50. The third kappa shape index (κ3) is 3.49. The van der Waals surface area contributed by atoms with Crippen molar-refractivity contribution in [3.05, 3.63) is 11.4 Å². The second-order valence-corrected chi connectivity index (χ2v) is 4.38. The van der Waals surface area contributed by atoms with Crippen molar-refractivity contribution in [2.45, 2.75) is 39.2 Å². The van der Waals surface area contributed by atoms with Crippen molar-refractivity contribution in [3.8, 4) is 0 Å². The summed E-state index contributed by atoms with van der Waals surface area (Å²) in [6.45, 7) is 5.22. The molecular formula is C11H18F2N4O. The molecule has 0 spiro atoms. The summed E-state index contributed by atoms with van der Waals surface area (Å²) in [7, 11) is 0. The van der Waals surface area contributed by atoms with Gasteiger partial charge in [-0.25, -0.2) is 18.7 Å². The Morgan fingerprint density at radius 2 is 1.94 bits per heavy atom. The molecule has 0 fully saturated rings. The van der Waals surface area contributed by atoms with Gasteiger partial charge in [0.1, 0.15) is 23.6 Å². The predicted molar refractivity (Wildman–Crippen MR) is 65.8 cm³/mol. The quantitative estimate of drug-likeness (QED) is 0.747. The molecule has 0 saturated carbocycles. The maximum atomic E-state index is 12.2. The molecule has 1 aromatic heterocycles. The molecule has 0 aliphatic rings. The van der Waals surface area contributed by atoms with E-state index in [2.05, 4.69) is 15.3 Å². The lowest BCUT2D eigenvalue weighted by atomic mass is 10.2. The van der Waals surface area contributed by atoms with E-state index >= 15 is 0 Å². The van der Waals surface area contributed by atoms with Gasteiger partial charge >= 0.3 is 0 Å². The standard InChI is InChI=1S/C11H18F2N4O/c1-5(2)10-16-9(14)6(3)11(17-10)15-4-7(18)8(12)13/h5,7-8,18H,4H2,1-3H3,(H3,14,15,16,17). The summed E-state index contributed by atoms with van der Waals surface area (Å²) < 4.78 is 24.3. The number of nitrogen functional groups attached to an aromatic ring is 1. The van der Waals surface area contributed by atoms with E-state index in [1.165, 1.54) is 0 Å². The number of nitrogens with one attached hydrogen (secondary N) is 1. The van der Waals surface area contributed by atoms with Gasteiger partial charge in [-0.2, -0.15) is 0 Å². The van der Waals surface area contributed by atoms with Crippen molar-refractivity contribution >= 4 is 11.6 Å². The fourth-order valence-electron chi connectivity index (χ4n) is 1.27. The molecule has 0 aliphatic carbocycles. The zero-order valence-electron chi connectivity index (χ0n) is 10.6. The van der Waals surface area contributed by atoms with Gasteiger partial charge in [0.05, 0.1) is 0 Å². The number of rotatable bonds is 5. The van der Waals surface area contributed by atoms with Crippen LogP contribution in [-0.4, -0.2) is 34.1 Å². The lowest BCUT2D eigenvalue weighted by Crippen LogP contribution is -2.27. The van der Waals surface area contributed by atoms with Crippen molar-refractivity contribution in [1.29, 1.82) is 0 Å². The van der Waals surface area contributed by atoms with Gasteiger partial charge in [0, 0.05) is 18.0 Å². The summed E-state index contributed by atoms with van der Waals surface area (Å²) in [6.07, 6.45) is -4.52. The summed E-state index contributed by atoms with van der Waals surface area (Å²) in [5, 5.41) is 11.7. The van der Waals surface area contributed by atoms with E-state index in [-0.39, 0.29) is 12.5 Å². The van der Waals surface area contributed by atoms with Crippen molar-refractivity contribution in [2.24, 2.45) is 0 Å². The first-order valence-corrected chi connectivity index (χ1v) is 5.67. The van der Waals surface area contributed by atoms with E-state index in [9.17, 15) is 8.78 Å². The summed E-state index contributed by atoms with van der Waals surface area (Å²) >= 11 is 0. The van der Waals surface area contributed by atoms with Crippen LogP contribution in [0.4, 0.5) is 20.4 Å². The molecule has 0 aromatic carbocycles. The number of aromatic nitrogens is 2. The molecule has 0 bridgehead atoms. The molecule has 4 N–H and O–H groups in total. The maximum Gasteiger partial charge on any atom is 0.265 e. The molecule has 18 heavy (non-hydrogen) atoms. The molecule has 7 heteroatoms. The molecule has 0 amide bonds. The van der Waals surface area contributed by atoms with Gasteiger partial charge in [-0.3, -0.25) is 0 Å². The van der Waals surface area contributed by atoms with Crippen molar-refractivity contribution in [3.63, 3.8) is 0 Å². The van der Waals surface area contributed by atoms with Crippen LogP contribution in [0.2, 0.25) is 0 Å². The van der Waals surface area contributed by atoms with E-state index in [4.69, 9.17) is 10.8 Å². The van der Waals surface area contributed by atoms with Crippen molar-refractivity contribution in [2.75, 3.05) is 17.6 Å². The Labute approximate surface area is 104 Å². The third-order valence-electron chi connectivity index (χ3n) is 2.49. The minimum absolute atomic E-state index is 0.0773. The minimum Gasteiger partial charge on any atom is -0.385 e. The van der Waals surface area contributed by atoms with Crippen molar-refractivity contribution in [1.82, 2.24) is 9.97 Å². The monoisotopic (exact) mass is 260 g/mol. The highest BCUT2D eigenvalue weighted by Gasteiger charge is 2.18. The van der Waals surface area contributed by atoms with Gasteiger partial charge in [0.15, 0.2) is 0 Å². The molecule has 5 nitrogen and oxygen atoms in total. The van der Waals surface area contributed by atoms with Crippen LogP contribution in [0.3, 0.4) is 0 Å². The number of aliphatic hydroxyl groups is 1. The van der Waals surface area contributed by atoms with E-state index < -0.39 is 12.5 Å². The number of nitrogens with zero attached hydrogens (tertiary/aromatic N) is 2. The highest BCUT2D eigenvalue weighted by atomic mass is 19.3. The average Bonchev–Trinajstić information content (AvgIpc) is 2.29. The highest BCUT2D eigenvalue weighted by Crippen LogP contribution is 2.21. The van der Waals surface area contributed by atoms with Gasteiger partial charge in [0.25, 0.3) is 6.43 Å². The molecule has 102 valence electrons. The van der Waals surface area contributed by atoms with Gasteiger partial charge in [-0.05, 0) is 6.92 Å². The Bertz CT molecular complexity index is 412. The topological polar surface area (TPSA) is 84.1 Å². The Kier molecular flexibility index (Phi) is 4.77. The molecule has 1 rings (SSSR count). The SMILES string of the molecule is Cc1c(N)nc(C(C)C)nc1NCC(O)C(F)F. The van der Waals surface area contributed by atoms with Gasteiger partial charge in [-0.1, -0.05) is 13.8 Å². The predicted octanol–water partition coefficient (Wildman–Crippen LogP) is 1.53. The molecule has 1 aromatic rings. The first-order valence-electron chi connectivity index (χ1n) is 5.67. The second kappa shape index (κ2) is 5.90. The number of halogens is 2. The molecule has 0 saturated heterocycles. The largest absolute Gasteiger partial charge is 0.385 e. The van der Waals surface area contributed by atoms with Crippen LogP contribution in [-0.2, 0) is 0 Å². The van der Waals surface area contributed by atoms with E-state index in [1.807, 2.05) is 13.8 Å². The summed E-state index contributed by atoms with van der Waals surface area (Å²) in [4.78, 5) is 8.32. The van der Waals surface area contributed by atoms with Gasteiger partial charge in [-0.15, -0.1) is 0 Å². The number of nitrogens with two attached hydrogens (primary N) is 1. The number of hydrogen-bond donors (Lipinski definition) is 3. The molecule has 1 unspecified atom stereocenters. The lowest BCUT2D eigenvalue weighted by Gasteiger charge is -2.15.